The van der Waals surface area contributed by atoms with E-state index in [0.29, 0.717) is 35.0 Å². The number of thiophene rings is 1. The smallest absolute Gasteiger partial charge is 0.220 e. The maximum absolute atomic E-state index is 12.6. The van der Waals surface area contributed by atoms with E-state index in [1.807, 2.05) is 0 Å². The number of ketones is 1. The highest BCUT2D eigenvalue weighted by Gasteiger charge is 2.27. The van der Waals surface area contributed by atoms with Crippen molar-refractivity contribution in [1.29, 1.82) is 0 Å². The molecule has 1 fully saturated rings. The molecule has 168 valence electrons. The van der Waals surface area contributed by atoms with E-state index in [1.54, 1.807) is 43.5 Å². The minimum atomic E-state index is -0.817. The average Bonchev–Trinajstić information content (AvgIpc) is 3.44. The summed E-state index contributed by atoms with van der Waals surface area (Å²) in [5.74, 6) is 0.538. The molecule has 2 N–H and O–H groups in total. The van der Waals surface area contributed by atoms with Gasteiger partial charge < -0.3 is 20.1 Å². The van der Waals surface area contributed by atoms with Crippen LogP contribution in [0.4, 0.5) is 0 Å². The largest absolute Gasteiger partial charge is 0.497 e. The predicted molar refractivity (Wildman–Crippen MR) is 123 cm³/mol. The molecule has 1 aromatic carbocycles. The number of Topliss-reactive ketones (excluding diaryl/α,β-unsaturated/α-hetero) is 1. The van der Waals surface area contributed by atoms with Crippen LogP contribution in [0.2, 0.25) is 4.34 Å². The molecule has 1 aromatic heterocycles. The lowest BCUT2D eigenvalue weighted by Crippen LogP contribution is -2.46. The summed E-state index contributed by atoms with van der Waals surface area (Å²) in [5.41, 5.74) is 0.609. The number of carbonyl (C=O) groups excluding carboxylic acids is 2. The van der Waals surface area contributed by atoms with Crippen LogP contribution in [0.25, 0.3) is 0 Å². The van der Waals surface area contributed by atoms with Gasteiger partial charge in [0.1, 0.15) is 11.9 Å². The Bertz CT molecular complexity index is 865. The summed E-state index contributed by atoms with van der Waals surface area (Å²) in [4.78, 5) is 27.9. The van der Waals surface area contributed by atoms with Crippen molar-refractivity contribution in [3.63, 3.8) is 0 Å². The Morgan fingerprint density at radius 2 is 1.87 bits per heavy atom. The van der Waals surface area contributed by atoms with E-state index in [0.717, 1.165) is 30.8 Å². The Hall–Kier alpha value is -1.93. The predicted octanol–water partition coefficient (Wildman–Crippen LogP) is 4.08. The molecule has 0 saturated carbocycles. The third-order valence-corrected chi connectivity index (χ3v) is 6.79. The number of rotatable bonds is 11. The summed E-state index contributed by atoms with van der Waals surface area (Å²) < 4.78 is 5.71. The van der Waals surface area contributed by atoms with Crippen LogP contribution in [0, 0.1) is 0 Å². The highest BCUT2D eigenvalue weighted by Crippen LogP contribution is 2.29. The number of benzene rings is 1. The number of methoxy groups -OCH3 is 1. The van der Waals surface area contributed by atoms with Gasteiger partial charge in [-0.15, -0.1) is 11.3 Å². The van der Waals surface area contributed by atoms with E-state index in [1.165, 1.54) is 11.3 Å². The summed E-state index contributed by atoms with van der Waals surface area (Å²) >= 11 is 7.34. The first kappa shape index (κ1) is 23.7. The fraction of sp³-hybridized carbons (Fsp3) is 0.478. The van der Waals surface area contributed by atoms with Gasteiger partial charge in [-0.05, 0) is 68.8 Å². The number of amides is 1. The Balaban J connectivity index is 1.52. The normalized spacial score (nSPS) is 16.1. The van der Waals surface area contributed by atoms with Crippen molar-refractivity contribution < 1.29 is 19.4 Å². The molecule has 1 aliphatic heterocycles. The summed E-state index contributed by atoms with van der Waals surface area (Å²) in [7, 11) is 1.58. The first-order valence-electron chi connectivity index (χ1n) is 10.6. The van der Waals surface area contributed by atoms with Gasteiger partial charge in [0.25, 0.3) is 0 Å². The molecule has 2 aromatic rings. The summed E-state index contributed by atoms with van der Waals surface area (Å²) in [6, 6.07) is 10.1. The molecule has 0 unspecified atom stereocenters. The second-order valence-corrected chi connectivity index (χ2v) is 9.52. The van der Waals surface area contributed by atoms with Crippen molar-refractivity contribution in [1.82, 2.24) is 10.2 Å². The van der Waals surface area contributed by atoms with Crippen LogP contribution in [0.15, 0.2) is 36.4 Å². The van der Waals surface area contributed by atoms with E-state index in [4.69, 9.17) is 16.3 Å². The third-order valence-electron chi connectivity index (χ3n) is 5.49. The SMILES string of the molecule is COc1ccc(C(=O)CCCC(=O)N[C@H](CN2CCCC2)[C@H](O)c2ccc(Cl)s2)cc1. The highest BCUT2D eigenvalue weighted by molar-refractivity contribution is 7.16. The van der Waals surface area contributed by atoms with Crippen molar-refractivity contribution in [2.75, 3.05) is 26.7 Å². The van der Waals surface area contributed by atoms with Gasteiger partial charge in [-0.1, -0.05) is 11.6 Å². The van der Waals surface area contributed by atoms with Crippen LogP contribution in [-0.4, -0.2) is 54.5 Å². The van der Waals surface area contributed by atoms with E-state index >= 15 is 0 Å². The van der Waals surface area contributed by atoms with Crippen molar-refractivity contribution >= 4 is 34.6 Å². The molecular formula is C23H29ClN2O4S. The van der Waals surface area contributed by atoms with Crippen molar-refractivity contribution in [2.45, 2.75) is 44.2 Å². The number of aliphatic hydroxyl groups is 1. The van der Waals surface area contributed by atoms with Crippen molar-refractivity contribution in [2.24, 2.45) is 0 Å². The quantitative estimate of drug-likeness (QED) is 0.490. The monoisotopic (exact) mass is 464 g/mol. The standard InChI is InChI=1S/C23H29ClN2O4S/c1-30-17-9-7-16(8-10-17)19(27)5-4-6-22(28)25-18(15-26-13-2-3-14-26)23(29)20-11-12-21(24)31-20/h7-12,18,23,29H,2-6,13-15H2,1H3,(H,25,28)/t18-,23+/m1/s1. The fourth-order valence-electron chi connectivity index (χ4n) is 3.76. The molecule has 1 amide bonds. The van der Waals surface area contributed by atoms with Crippen LogP contribution in [0.1, 0.15) is 53.4 Å². The Labute approximate surface area is 192 Å². The lowest BCUT2D eigenvalue weighted by Gasteiger charge is -2.28. The maximum Gasteiger partial charge on any atom is 0.220 e. The lowest BCUT2D eigenvalue weighted by molar-refractivity contribution is -0.123. The minimum Gasteiger partial charge on any atom is -0.497 e. The zero-order valence-corrected chi connectivity index (χ0v) is 19.3. The van der Waals surface area contributed by atoms with Gasteiger partial charge in [-0.3, -0.25) is 9.59 Å². The molecule has 1 aliphatic rings. The van der Waals surface area contributed by atoms with Crippen LogP contribution in [0.5, 0.6) is 5.75 Å². The number of hydrogen-bond donors (Lipinski definition) is 2. The molecule has 6 nitrogen and oxygen atoms in total. The molecule has 0 bridgehead atoms. The molecular weight excluding hydrogens is 436 g/mol. The first-order chi connectivity index (χ1) is 15.0. The van der Waals surface area contributed by atoms with Gasteiger partial charge >= 0.3 is 0 Å². The molecule has 1 saturated heterocycles. The number of carbonyl (C=O) groups is 2. The zero-order valence-electron chi connectivity index (χ0n) is 17.7. The minimum absolute atomic E-state index is 0.00247. The molecule has 2 heterocycles. The summed E-state index contributed by atoms with van der Waals surface area (Å²) in [6.07, 6.45) is 2.43. The summed E-state index contributed by atoms with van der Waals surface area (Å²) in [5, 5.41) is 13.8. The Kier molecular flexibility index (Phi) is 8.90. The third kappa shape index (κ3) is 7.04. The number of hydrogen-bond acceptors (Lipinski definition) is 6. The van der Waals surface area contributed by atoms with Crippen LogP contribution >= 0.6 is 22.9 Å². The topological polar surface area (TPSA) is 78.9 Å². The second-order valence-electron chi connectivity index (χ2n) is 7.77. The van der Waals surface area contributed by atoms with Gasteiger partial charge in [0, 0.05) is 29.8 Å². The number of likely N-dealkylation sites (tertiary alicyclic amines) is 1. The second kappa shape index (κ2) is 11.6. The molecule has 0 spiro atoms. The number of nitrogens with one attached hydrogen (secondary N) is 1. The van der Waals surface area contributed by atoms with Crippen LogP contribution < -0.4 is 10.1 Å². The van der Waals surface area contributed by atoms with Gasteiger partial charge in [0.2, 0.25) is 5.91 Å². The molecule has 3 rings (SSSR count). The van der Waals surface area contributed by atoms with Gasteiger partial charge in [-0.25, -0.2) is 0 Å². The van der Waals surface area contributed by atoms with Crippen molar-refractivity contribution in [3.05, 3.63) is 51.2 Å². The average molecular weight is 465 g/mol. The van der Waals surface area contributed by atoms with Gasteiger partial charge in [0.15, 0.2) is 5.78 Å². The van der Waals surface area contributed by atoms with E-state index in [-0.39, 0.29) is 18.1 Å². The van der Waals surface area contributed by atoms with E-state index in [9.17, 15) is 14.7 Å². The zero-order chi connectivity index (χ0) is 22.2. The first-order valence-corrected chi connectivity index (χ1v) is 11.8. The van der Waals surface area contributed by atoms with Crippen LogP contribution in [0.3, 0.4) is 0 Å². The Morgan fingerprint density at radius 1 is 1.16 bits per heavy atom. The molecule has 8 heteroatoms. The maximum atomic E-state index is 12.6. The van der Waals surface area contributed by atoms with Crippen LogP contribution in [-0.2, 0) is 4.79 Å². The fourth-order valence-corrected chi connectivity index (χ4v) is 4.88. The molecule has 31 heavy (non-hydrogen) atoms. The van der Waals surface area contributed by atoms with Gasteiger partial charge in [0.05, 0.1) is 17.5 Å². The molecule has 0 radical (unpaired) electrons. The molecule has 2 atom stereocenters. The number of ether oxygens (including phenoxy) is 1. The molecule has 0 aliphatic carbocycles. The van der Waals surface area contributed by atoms with E-state index < -0.39 is 12.1 Å². The van der Waals surface area contributed by atoms with Crippen molar-refractivity contribution in [3.8, 4) is 5.75 Å². The summed E-state index contributed by atoms with van der Waals surface area (Å²) in [6.45, 7) is 2.54. The van der Waals surface area contributed by atoms with Gasteiger partial charge in [-0.2, -0.15) is 0 Å². The lowest BCUT2D eigenvalue weighted by atomic mass is 10.0. The highest BCUT2D eigenvalue weighted by atomic mass is 35.5. The number of halogens is 1. The number of nitrogens with zero attached hydrogens (tertiary/aromatic N) is 1. The number of aliphatic hydroxyl groups excluding tert-OH is 1. The van der Waals surface area contributed by atoms with E-state index in [2.05, 4.69) is 10.2 Å². The Morgan fingerprint density at radius 3 is 2.48 bits per heavy atom.